The second-order valence-corrected chi connectivity index (χ2v) is 13.9. The van der Waals surface area contributed by atoms with Gasteiger partial charge in [0, 0.05) is 63.0 Å². The van der Waals surface area contributed by atoms with Gasteiger partial charge in [-0.3, -0.25) is 9.69 Å². The lowest BCUT2D eigenvalue weighted by Crippen LogP contribution is -2.44. The Balaban J connectivity index is 1.46. The number of halogens is 4. The van der Waals surface area contributed by atoms with Gasteiger partial charge in [-0.1, -0.05) is 18.7 Å². The lowest BCUT2D eigenvalue weighted by molar-refractivity contribution is -0.115. The molecular weight excluding hydrogens is 598 g/mol. The number of anilines is 2. The van der Waals surface area contributed by atoms with Gasteiger partial charge in [-0.05, 0) is 61.5 Å². The van der Waals surface area contributed by atoms with Crippen molar-refractivity contribution in [2.75, 3.05) is 62.8 Å². The first-order chi connectivity index (χ1) is 20.7. The summed E-state index contributed by atoms with van der Waals surface area (Å²) in [6.07, 6.45) is -1.25. The van der Waals surface area contributed by atoms with Gasteiger partial charge < -0.3 is 20.4 Å². The topological polar surface area (TPSA) is 85.0 Å². The fraction of sp³-hybridized carbons (Fsp3) is 0.387. The number of hydrogen-bond acceptors (Lipinski definition) is 7. The molecule has 3 aliphatic heterocycles. The summed E-state index contributed by atoms with van der Waals surface area (Å²) in [6.45, 7) is 7.70. The van der Waals surface area contributed by atoms with Gasteiger partial charge in [0.1, 0.15) is 5.82 Å². The van der Waals surface area contributed by atoms with Crippen molar-refractivity contribution in [2.45, 2.75) is 24.4 Å². The van der Waals surface area contributed by atoms with E-state index >= 15 is 4.39 Å². The molecule has 236 valence electrons. The summed E-state index contributed by atoms with van der Waals surface area (Å²) < 4.78 is 80.7. The van der Waals surface area contributed by atoms with Crippen LogP contribution in [0.5, 0.6) is 0 Å². The predicted molar refractivity (Wildman–Crippen MR) is 163 cm³/mol. The van der Waals surface area contributed by atoms with Crippen molar-refractivity contribution in [2.24, 2.45) is 0 Å². The van der Waals surface area contributed by atoms with Crippen molar-refractivity contribution in [3.8, 4) is 11.1 Å². The summed E-state index contributed by atoms with van der Waals surface area (Å²) in [5.74, 6) is -1.47. The number of likely N-dealkylation sites (tertiary alicyclic amines) is 1. The zero-order valence-corrected chi connectivity index (χ0v) is 25.4. The fourth-order valence-corrected chi connectivity index (χ4v) is 6.73. The molecule has 5 rings (SSSR count). The minimum atomic E-state index is -4.78. The zero-order chi connectivity index (χ0) is 31.8. The van der Waals surface area contributed by atoms with Crippen molar-refractivity contribution in [1.29, 1.82) is 0 Å². The molecular formula is C31H35F4N5O3S. The van der Waals surface area contributed by atoms with E-state index in [0.717, 1.165) is 30.9 Å². The molecule has 2 aromatic rings. The fourth-order valence-electron chi connectivity index (χ4n) is 5.72. The number of piperazine rings is 1. The molecule has 1 amide bonds. The van der Waals surface area contributed by atoms with Crippen LogP contribution >= 0.6 is 0 Å². The van der Waals surface area contributed by atoms with Crippen LogP contribution in [0.4, 0.5) is 28.9 Å². The van der Waals surface area contributed by atoms with E-state index in [2.05, 4.69) is 22.1 Å². The summed E-state index contributed by atoms with van der Waals surface area (Å²) in [7, 11) is -1.17. The number of amides is 1. The largest absolute Gasteiger partial charge is 0.417 e. The Hall–Kier alpha value is -3.68. The molecule has 0 bridgehead atoms. The Labute approximate surface area is 254 Å². The molecule has 2 saturated heterocycles. The SMILES string of the molecule is C=C1C=C(C(F)(F)F)C(C(=O)Nc2cc(-c3cc(CN4CC[C@@H](S(C)(=O)=O)C4)ccc3F)ccc2N2CCN(C)CC2)=CN1. The van der Waals surface area contributed by atoms with Crippen LogP contribution in [-0.2, 0) is 21.2 Å². The molecule has 0 radical (unpaired) electrons. The van der Waals surface area contributed by atoms with Crippen LogP contribution in [-0.4, -0.2) is 88.1 Å². The second-order valence-electron chi connectivity index (χ2n) is 11.5. The van der Waals surface area contributed by atoms with Crippen LogP contribution in [0.2, 0.25) is 0 Å². The maximum absolute atomic E-state index is 15.2. The number of likely N-dealkylation sites (N-methyl/N-ethyl adjacent to an activating group) is 1. The Kier molecular flexibility index (Phi) is 8.92. The lowest BCUT2D eigenvalue weighted by Gasteiger charge is -2.35. The van der Waals surface area contributed by atoms with Gasteiger partial charge >= 0.3 is 6.18 Å². The van der Waals surface area contributed by atoms with E-state index < -0.39 is 44.1 Å². The van der Waals surface area contributed by atoms with E-state index in [-0.39, 0.29) is 16.9 Å². The number of benzene rings is 2. The Morgan fingerprint density at radius 2 is 1.82 bits per heavy atom. The van der Waals surface area contributed by atoms with Crippen LogP contribution in [0, 0.1) is 5.82 Å². The average molecular weight is 634 g/mol. The predicted octanol–water partition coefficient (Wildman–Crippen LogP) is 4.29. The molecule has 3 aliphatic rings. The van der Waals surface area contributed by atoms with E-state index in [9.17, 15) is 26.4 Å². The standard InChI is InChI=1S/C31H35F4N5O3S/c1-20-14-26(31(33,34)35)25(17-36-20)30(41)37-28-16-22(5-7-29(28)40-12-10-38(2)11-13-40)24-15-21(4-6-27(24)32)18-39-9-8-23(19-39)44(3,42)43/h4-7,14-17,23,36H,1,8-13,18-19H2,2-3H3,(H,37,41)/t23-/m1/s1. The van der Waals surface area contributed by atoms with Gasteiger partial charge in [-0.15, -0.1) is 0 Å². The third-order valence-corrected chi connectivity index (χ3v) is 9.83. The van der Waals surface area contributed by atoms with Crippen molar-refractivity contribution in [3.05, 3.63) is 83.5 Å². The summed E-state index contributed by atoms with van der Waals surface area (Å²) in [4.78, 5) is 19.5. The first-order valence-corrected chi connectivity index (χ1v) is 16.2. The number of alkyl halides is 3. The van der Waals surface area contributed by atoms with Crippen LogP contribution in [0.3, 0.4) is 0 Å². The van der Waals surface area contributed by atoms with Crippen LogP contribution < -0.4 is 15.5 Å². The van der Waals surface area contributed by atoms with E-state index in [0.29, 0.717) is 50.4 Å². The highest BCUT2D eigenvalue weighted by Crippen LogP contribution is 2.37. The maximum Gasteiger partial charge on any atom is 0.417 e. The number of carbonyl (C=O) groups excluding carboxylic acids is 1. The normalized spacial score (nSPS) is 20.3. The smallest absolute Gasteiger partial charge is 0.367 e. The number of dihydropyridines is 1. The molecule has 1 atom stereocenters. The van der Waals surface area contributed by atoms with Crippen molar-refractivity contribution in [1.82, 2.24) is 15.1 Å². The number of nitrogens with zero attached hydrogens (tertiary/aromatic N) is 3. The van der Waals surface area contributed by atoms with Gasteiger partial charge in [-0.2, -0.15) is 13.2 Å². The monoisotopic (exact) mass is 633 g/mol. The minimum Gasteiger partial charge on any atom is -0.367 e. The van der Waals surface area contributed by atoms with E-state index in [1.54, 1.807) is 30.3 Å². The zero-order valence-electron chi connectivity index (χ0n) is 24.5. The summed E-state index contributed by atoms with van der Waals surface area (Å²) >= 11 is 0. The number of carbonyl (C=O) groups is 1. The van der Waals surface area contributed by atoms with Crippen molar-refractivity contribution in [3.63, 3.8) is 0 Å². The number of nitrogens with one attached hydrogen (secondary N) is 2. The minimum absolute atomic E-state index is 0.00474. The molecule has 0 aliphatic carbocycles. The van der Waals surface area contributed by atoms with Crippen LogP contribution in [0.25, 0.3) is 11.1 Å². The molecule has 0 unspecified atom stereocenters. The molecule has 0 aromatic heterocycles. The summed E-state index contributed by atoms with van der Waals surface area (Å²) in [5.41, 5.74) is 0.635. The van der Waals surface area contributed by atoms with E-state index in [1.165, 1.54) is 12.3 Å². The molecule has 3 heterocycles. The number of allylic oxidation sites excluding steroid dienone is 1. The number of hydrogen-bond donors (Lipinski definition) is 2. The molecule has 0 spiro atoms. The quantitative estimate of drug-likeness (QED) is 0.441. The molecule has 2 fully saturated rings. The van der Waals surface area contributed by atoms with Gasteiger partial charge in [0.25, 0.3) is 5.91 Å². The first-order valence-electron chi connectivity index (χ1n) is 14.2. The second kappa shape index (κ2) is 12.4. The highest BCUT2D eigenvalue weighted by molar-refractivity contribution is 7.91. The molecule has 8 nitrogen and oxygen atoms in total. The maximum atomic E-state index is 15.2. The van der Waals surface area contributed by atoms with Crippen molar-refractivity contribution < 1.29 is 30.8 Å². The third kappa shape index (κ3) is 7.16. The average Bonchev–Trinajstić information content (AvgIpc) is 3.43. The highest BCUT2D eigenvalue weighted by atomic mass is 32.2. The third-order valence-electron chi connectivity index (χ3n) is 8.23. The lowest BCUT2D eigenvalue weighted by atomic mass is 9.99. The van der Waals surface area contributed by atoms with Crippen molar-refractivity contribution >= 4 is 27.1 Å². The number of rotatable bonds is 7. The summed E-state index contributed by atoms with van der Waals surface area (Å²) in [6, 6.07) is 9.73. The van der Waals surface area contributed by atoms with Crippen LogP contribution in [0.15, 0.2) is 72.1 Å². The van der Waals surface area contributed by atoms with Gasteiger partial charge in [0.05, 0.1) is 27.8 Å². The van der Waals surface area contributed by atoms with E-state index in [1.807, 2.05) is 16.8 Å². The van der Waals surface area contributed by atoms with Gasteiger partial charge in [-0.25, -0.2) is 12.8 Å². The first kappa shape index (κ1) is 31.7. The highest BCUT2D eigenvalue weighted by Gasteiger charge is 2.40. The Bertz CT molecular complexity index is 1630. The Morgan fingerprint density at radius 3 is 2.48 bits per heavy atom. The Morgan fingerprint density at radius 1 is 1.09 bits per heavy atom. The molecule has 13 heteroatoms. The van der Waals surface area contributed by atoms with E-state index in [4.69, 9.17) is 0 Å². The summed E-state index contributed by atoms with van der Waals surface area (Å²) in [5, 5.41) is 4.81. The molecule has 2 N–H and O–H groups in total. The molecule has 2 aromatic carbocycles. The van der Waals surface area contributed by atoms with Crippen LogP contribution in [0.1, 0.15) is 12.0 Å². The molecule has 44 heavy (non-hydrogen) atoms. The van der Waals surface area contributed by atoms with Gasteiger partial charge in [0.2, 0.25) is 0 Å². The number of sulfone groups is 1. The molecule has 0 saturated carbocycles. The van der Waals surface area contributed by atoms with Gasteiger partial charge in [0.15, 0.2) is 9.84 Å².